The molecule has 8 nitrogen and oxygen atoms in total. The molecule has 4 heterocycles. The first kappa shape index (κ1) is 27.9. The average Bonchev–Trinajstić information content (AvgIpc) is 3.29. The fourth-order valence-electron chi connectivity index (χ4n) is 6.57. The zero-order valence-corrected chi connectivity index (χ0v) is 23.1. The lowest BCUT2D eigenvalue weighted by Crippen LogP contribution is -2.55. The molecule has 4 aliphatic rings. The van der Waals surface area contributed by atoms with Crippen molar-refractivity contribution < 1.29 is 29.0 Å². The number of hydrogen-bond acceptors (Lipinski definition) is 6. The first-order valence-corrected chi connectivity index (χ1v) is 14.4. The van der Waals surface area contributed by atoms with Gasteiger partial charge in [0.2, 0.25) is 5.91 Å². The van der Waals surface area contributed by atoms with Gasteiger partial charge in [-0.1, -0.05) is 60.9 Å². The Hall–Kier alpha value is -2.68. The number of aliphatic hydroxyl groups excluding tert-OH is 1. The number of anilines is 1. The molecular weight excluding hydrogens is 520 g/mol. The molecule has 1 N–H and O–H groups in total. The highest BCUT2D eigenvalue weighted by Crippen LogP contribution is 2.53. The normalized spacial score (nSPS) is 31.4. The number of benzene rings is 1. The molecule has 1 aromatic rings. The van der Waals surface area contributed by atoms with Crippen molar-refractivity contribution in [3.05, 3.63) is 53.1 Å². The van der Waals surface area contributed by atoms with Crippen LogP contribution in [0.4, 0.5) is 5.69 Å². The Kier molecular flexibility index (Phi) is 8.45. The minimum atomic E-state index is -1.30. The minimum absolute atomic E-state index is 0.123. The number of carbonyl (C=O) groups is 3. The fraction of sp³-hybridized carbons (Fsp3) is 0.567. The number of unbranched alkanes of at least 4 members (excludes halogenated alkanes) is 3. The third-order valence-electron chi connectivity index (χ3n) is 8.37. The van der Waals surface area contributed by atoms with Gasteiger partial charge < -0.3 is 24.4 Å². The predicted molar refractivity (Wildman–Crippen MR) is 147 cm³/mol. The number of para-hydroxylation sites is 1. The number of halogens is 1. The maximum atomic E-state index is 14.5. The molecule has 0 radical (unpaired) electrons. The Morgan fingerprint density at radius 3 is 2.69 bits per heavy atom. The molecular formula is C30H37ClN2O6. The van der Waals surface area contributed by atoms with Gasteiger partial charge in [-0.3, -0.25) is 14.4 Å². The third kappa shape index (κ3) is 5.03. The third-order valence-corrected chi connectivity index (χ3v) is 8.67. The smallest absolute Gasteiger partial charge is 0.312 e. The quantitative estimate of drug-likeness (QED) is 0.310. The molecule has 5 atom stereocenters. The summed E-state index contributed by atoms with van der Waals surface area (Å²) >= 11 is 6.60. The van der Waals surface area contributed by atoms with Crippen molar-refractivity contribution in [2.45, 2.75) is 69.6 Å². The number of amides is 2. The van der Waals surface area contributed by atoms with Crippen LogP contribution in [0.1, 0.15) is 50.5 Å². The highest BCUT2D eigenvalue weighted by atomic mass is 35.5. The summed E-state index contributed by atoms with van der Waals surface area (Å²) in [6.07, 6.45) is 12.4. The van der Waals surface area contributed by atoms with E-state index in [1.807, 2.05) is 43.4 Å². The summed E-state index contributed by atoms with van der Waals surface area (Å²) < 4.78 is 12.3. The number of rotatable bonds is 7. The Morgan fingerprint density at radius 2 is 1.90 bits per heavy atom. The first-order chi connectivity index (χ1) is 18.9. The second-order valence-electron chi connectivity index (χ2n) is 10.9. The van der Waals surface area contributed by atoms with Gasteiger partial charge in [0, 0.05) is 19.7 Å². The molecule has 5 rings (SSSR count). The lowest BCUT2D eigenvalue weighted by Gasteiger charge is -2.36. The van der Waals surface area contributed by atoms with Crippen molar-refractivity contribution in [1.29, 1.82) is 0 Å². The van der Waals surface area contributed by atoms with Crippen LogP contribution in [0.3, 0.4) is 0 Å². The molecule has 2 saturated heterocycles. The summed E-state index contributed by atoms with van der Waals surface area (Å²) in [5, 5.41) is 9.60. The lowest BCUT2D eigenvalue weighted by atomic mass is 9.78. The van der Waals surface area contributed by atoms with Crippen molar-refractivity contribution in [1.82, 2.24) is 4.90 Å². The average molecular weight is 557 g/mol. The van der Waals surface area contributed by atoms with Crippen molar-refractivity contribution in [3.8, 4) is 0 Å². The summed E-state index contributed by atoms with van der Waals surface area (Å²) in [5.41, 5.74) is 0.168. The van der Waals surface area contributed by atoms with Gasteiger partial charge in [-0.15, -0.1) is 0 Å². The molecule has 0 aliphatic carbocycles. The molecule has 2 fully saturated rings. The van der Waals surface area contributed by atoms with E-state index in [4.69, 9.17) is 26.2 Å². The molecule has 2 amide bonds. The van der Waals surface area contributed by atoms with Crippen molar-refractivity contribution in [2.24, 2.45) is 11.8 Å². The topological polar surface area (TPSA) is 96.4 Å². The second kappa shape index (κ2) is 11.8. The summed E-state index contributed by atoms with van der Waals surface area (Å²) in [7, 11) is 0. The van der Waals surface area contributed by atoms with Crippen molar-refractivity contribution in [2.75, 3.05) is 31.2 Å². The Balaban J connectivity index is 1.56. The SMILES string of the molecule is Cc1cccc(Cl)c1N1CC=C[C@]23O[C@@H]4/C=C\CCCCOC(=O)[C@@H]4[C@H]2C(=O)N(CCCCCCO)C3C1=O. The van der Waals surface area contributed by atoms with Gasteiger partial charge in [0.15, 0.2) is 0 Å². The molecule has 1 spiro atoms. The lowest BCUT2D eigenvalue weighted by molar-refractivity contribution is -0.154. The van der Waals surface area contributed by atoms with Gasteiger partial charge >= 0.3 is 5.97 Å². The van der Waals surface area contributed by atoms with Gasteiger partial charge in [-0.05, 0) is 50.7 Å². The van der Waals surface area contributed by atoms with E-state index in [9.17, 15) is 14.4 Å². The number of allylic oxidation sites excluding steroid dienone is 1. The van der Waals surface area contributed by atoms with Crippen LogP contribution in [-0.2, 0) is 23.9 Å². The van der Waals surface area contributed by atoms with E-state index in [0.29, 0.717) is 36.7 Å². The van der Waals surface area contributed by atoms with E-state index in [1.54, 1.807) is 15.9 Å². The molecule has 1 aromatic carbocycles. The number of esters is 1. The van der Waals surface area contributed by atoms with Gasteiger partial charge in [-0.2, -0.15) is 0 Å². The predicted octanol–water partition coefficient (Wildman–Crippen LogP) is 3.97. The maximum absolute atomic E-state index is 14.5. The number of nitrogens with zero attached hydrogens (tertiary/aromatic N) is 2. The zero-order chi connectivity index (χ0) is 27.6. The summed E-state index contributed by atoms with van der Waals surface area (Å²) in [6.45, 7) is 2.95. The van der Waals surface area contributed by atoms with Crippen LogP contribution in [0.25, 0.3) is 0 Å². The van der Waals surface area contributed by atoms with Gasteiger partial charge in [0.1, 0.15) is 17.6 Å². The first-order valence-electron chi connectivity index (χ1n) is 14.1. The maximum Gasteiger partial charge on any atom is 0.312 e. The number of likely N-dealkylation sites (tertiary alicyclic amines) is 1. The van der Waals surface area contributed by atoms with Crippen LogP contribution in [0.15, 0.2) is 42.5 Å². The second-order valence-corrected chi connectivity index (χ2v) is 11.3. The zero-order valence-electron chi connectivity index (χ0n) is 22.4. The summed E-state index contributed by atoms with van der Waals surface area (Å²) in [5.74, 6) is -2.68. The molecule has 4 aliphatic heterocycles. The fourth-order valence-corrected chi connectivity index (χ4v) is 6.89. The van der Waals surface area contributed by atoms with Crippen LogP contribution >= 0.6 is 11.6 Å². The number of aryl methyl sites for hydroxylation is 1. The molecule has 0 saturated carbocycles. The minimum Gasteiger partial charge on any atom is -0.465 e. The van der Waals surface area contributed by atoms with Crippen LogP contribution in [0, 0.1) is 18.8 Å². The number of fused-ring (bicyclic) bond motifs is 2. The van der Waals surface area contributed by atoms with Gasteiger partial charge in [0.25, 0.3) is 5.91 Å². The number of ether oxygens (including phenoxy) is 2. The van der Waals surface area contributed by atoms with Gasteiger partial charge in [0.05, 0.1) is 29.3 Å². The highest BCUT2D eigenvalue weighted by molar-refractivity contribution is 6.34. The molecule has 39 heavy (non-hydrogen) atoms. The summed E-state index contributed by atoms with van der Waals surface area (Å²) in [4.78, 5) is 45.3. The number of cyclic esters (lactones) is 1. The van der Waals surface area contributed by atoms with E-state index in [2.05, 4.69) is 0 Å². The number of aliphatic hydroxyl groups is 1. The number of carbonyl (C=O) groups excluding carboxylic acids is 3. The van der Waals surface area contributed by atoms with E-state index in [-0.39, 0.29) is 25.0 Å². The van der Waals surface area contributed by atoms with E-state index >= 15 is 0 Å². The van der Waals surface area contributed by atoms with Crippen LogP contribution in [-0.4, -0.2) is 71.8 Å². The van der Waals surface area contributed by atoms with Crippen molar-refractivity contribution in [3.63, 3.8) is 0 Å². The van der Waals surface area contributed by atoms with Crippen LogP contribution in [0.5, 0.6) is 0 Å². The molecule has 210 valence electrons. The van der Waals surface area contributed by atoms with Crippen LogP contribution < -0.4 is 4.90 Å². The monoisotopic (exact) mass is 556 g/mol. The van der Waals surface area contributed by atoms with Crippen molar-refractivity contribution >= 4 is 35.1 Å². The van der Waals surface area contributed by atoms with E-state index in [0.717, 1.165) is 37.7 Å². The van der Waals surface area contributed by atoms with E-state index in [1.165, 1.54) is 0 Å². The Bertz CT molecular complexity index is 1150. The van der Waals surface area contributed by atoms with Crippen LogP contribution in [0.2, 0.25) is 5.02 Å². The molecule has 0 bridgehead atoms. The molecule has 0 aromatic heterocycles. The molecule has 1 unspecified atom stereocenters. The number of hydrogen-bond donors (Lipinski definition) is 1. The van der Waals surface area contributed by atoms with Gasteiger partial charge in [-0.25, -0.2) is 0 Å². The standard InChI is InChI=1S/C30H37ClN2O6/c1-20-12-10-13-21(31)25(20)32-17-11-15-30-24(23-22(39-30)14-6-2-5-9-19-38-29(23)37)27(35)33(26(30)28(32)36)16-7-3-4-8-18-34/h6,10-15,22-24,26,34H,2-5,7-9,16-19H2,1H3/b14-6-/t22-,23+,24+,26?,30+/m1/s1. The Labute approximate surface area is 234 Å². The molecule has 9 heteroatoms. The highest BCUT2D eigenvalue weighted by Gasteiger charge is 2.71. The Morgan fingerprint density at radius 1 is 1.08 bits per heavy atom. The van der Waals surface area contributed by atoms with E-state index < -0.39 is 35.6 Å². The summed E-state index contributed by atoms with van der Waals surface area (Å²) in [6, 6.07) is 4.56. The largest absolute Gasteiger partial charge is 0.465 e.